The van der Waals surface area contributed by atoms with E-state index >= 15 is 0 Å². The third-order valence-electron chi connectivity index (χ3n) is 0.558. The molecule has 0 atom stereocenters. The Morgan fingerprint density at radius 3 is 2.29 bits per heavy atom. The molecule has 3 nitrogen and oxygen atoms in total. The molecule has 0 spiro atoms. The Kier molecular flexibility index (Phi) is 2.26. The van der Waals surface area contributed by atoms with Crippen molar-refractivity contribution in [3.05, 3.63) is 0 Å². The molecule has 0 aliphatic rings. The van der Waals surface area contributed by atoms with E-state index in [-0.39, 0.29) is 6.02 Å². The highest BCUT2D eigenvalue weighted by atomic mass is 16.3. The van der Waals surface area contributed by atoms with Gasteiger partial charge in [-0.1, -0.05) is 0 Å². The molecular formula is C3H8BN2O+. The van der Waals surface area contributed by atoms with E-state index in [4.69, 9.17) is 13.1 Å². The summed E-state index contributed by atoms with van der Waals surface area (Å²) in [6.07, 6.45) is 0. The highest BCUT2D eigenvalue weighted by molar-refractivity contribution is 5.98. The second-order valence-corrected chi connectivity index (χ2v) is 1.18. The lowest BCUT2D eigenvalue weighted by molar-refractivity contribution is -0.349. The Balaban J connectivity index is 3.72. The first-order chi connectivity index (χ1) is 3.18. The normalized spacial score (nSPS) is 12.9. The number of hydrogen-bond donors (Lipinski definition) is 2. The van der Waals surface area contributed by atoms with E-state index in [0.717, 1.165) is 4.49 Å². The van der Waals surface area contributed by atoms with Crippen LogP contribution in [0.5, 0.6) is 0 Å². The zero-order valence-corrected chi connectivity index (χ0v) is 4.47. The number of aliphatic hydroxyl groups excluding tert-OH is 1. The molecule has 0 aliphatic heterocycles. The maximum atomic E-state index is 8.54. The zero-order valence-electron chi connectivity index (χ0n) is 4.47. The third-order valence-corrected chi connectivity index (χ3v) is 0.558. The van der Waals surface area contributed by atoms with Crippen LogP contribution >= 0.6 is 0 Å². The van der Waals surface area contributed by atoms with Crippen LogP contribution in [-0.2, 0) is 0 Å². The van der Waals surface area contributed by atoms with Gasteiger partial charge in [0.05, 0.1) is 14.1 Å². The van der Waals surface area contributed by atoms with Crippen LogP contribution in [0.15, 0.2) is 0 Å². The minimum absolute atomic E-state index is 0.0417. The molecule has 0 aliphatic carbocycles. The number of rotatable bonds is 0. The van der Waals surface area contributed by atoms with Crippen molar-refractivity contribution in [3.8, 4) is 0 Å². The van der Waals surface area contributed by atoms with Gasteiger partial charge in [0.2, 0.25) is 0 Å². The summed E-state index contributed by atoms with van der Waals surface area (Å²) in [5.41, 5.74) is 0. The van der Waals surface area contributed by atoms with Crippen molar-refractivity contribution >= 4 is 14.0 Å². The second-order valence-electron chi connectivity index (χ2n) is 1.18. The molecule has 0 unspecified atom stereocenters. The van der Waals surface area contributed by atoms with Crippen LogP contribution in [0.2, 0.25) is 0 Å². The molecule has 7 heavy (non-hydrogen) atoms. The van der Waals surface area contributed by atoms with Crippen LogP contribution in [-0.4, -0.2) is 37.7 Å². The summed E-state index contributed by atoms with van der Waals surface area (Å²) in [6.45, 7) is 0. The standard InChI is InChI=1S/C3H8BN2O/c1-5-3(7)6(2)4/h5,7H,1-2H3/q+1. The van der Waals surface area contributed by atoms with Crippen molar-refractivity contribution in [2.75, 3.05) is 14.1 Å². The van der Waals surface area contributed by atoms with Gasteiger partial charge in [0.25, 0.3) is 0 Å². The van der Waals surface area contributed by atoms with E-state index in [1.54, 1.807) is 7.05 Å². The third kappa shape index (κ3) is 2.08. The molecule has 0 bridgehead atoms. The molecular weight excluding hydrogens is 90.9 g/mol. The van der Waals surface area contributed by atoms with Crippen LogP contribution in [0.25, 0.3) is 0 Å². The lowest BCUT2D eigenvalue weighted by Gasteiger charge is -1.90. The van der Waals surface area contributed by atoms with Gasteiger partial charge in [-0.25, -0.2) is 5.32 Å². The predicted octanol–water partition coefficient (Wildman–Crippen LogP) is -1.15. The Labute approximate surface area is 44.1 Å². The Hall–Kier alpha value is -0.665. The number of hydrogen-bond acceptors (Lipinski definition) is 0. The molecule has 0 aromatic rings. The fourth-order valence-electron chi connectivity index (χ4n) is 0.176. The predicted molar refractivity (Wildman–Crippen MR) is 28.6 cm³/mol. The molecule has 0 aromatic carbocycles. The van der Waals surface area contributed by atoms with E-state index in [1.807, 2.05) is 0 Å². The summed E-state index contributed by atoms with van der Waals surface area (Å²) in [7, 11) is 8.15. The smallest absolute Gasteiger partial charge is 0.421 e. The summed E-state index contributed by atoms with van der Waals surface area (Å²) in [5, 5.41) is 11.0. The minimum atomic E-state index is -0.0417. The molecule has 0 rings (SSSR count). The molecule has 2 radical (unpaired) electrons. The molecule has 0 aromatic heterocycles. The molecule has 38 valence electrons. The first kappa shape index (κ1) is 6.33. The summed E-state index contributed by atoms with van der Waals surface area (Å²) < 4.78 is 1.08. The number of nitrogens with zero attached hydrogens (tertiary/aromatic N) is 1. The van der Waals surface area contributed by atoms with Crippen LogP contribution in [0.3, 0.4) is 0 Å². The van der Waals surface area contributed by atoms with E-state index < -0.39 is 0 Å². The monoisotopic (exact) mass is 99.1 g/mol. The van der Waals surface area contributed by atoms with Crippen LogP contribution in [0.1, 0.15) is 0 Å². The number of aliphatic hydroxyl groups is 1. The highest BCUT2D eigenvalue weighted by Crippen LogP contribution is 1.53. The summed E-state index contributed by atoms with van der Waals surface area (Å²) in [6, 6.07) is -0.0417. The van der Waals surface area contributed by atoms with Crippen LogP contribution < -0.4 is 5.32 Å². The SMILES string of the molecule is [B][N+](C)=C(O)NC. The number of nitrogens with one attached hydrogen (secondary N) is 1. The Morgan fingerprint density at radius 1 is 1.86 bits per heavy atom. The van der Waals surface area contributed by atoms with Gasteiger partial charge in [-0.2, -0.15) is 0 Å². The van der Waals surface area contributed by atoms with Gasteiger partial charge < -0.3 is 5.11 Å². The molecule has 0 saturated heterocycles. The van der Waals surface area contributed by atoms with E-state index in [2.05, 4.69) is 5.32 Å². The lowest BCUT2D eigenvalue weighted by atomic mass is 10.4. The fraction of sp³-hybridized carbons (Fsp3) is 0.667. The van der Waals surface area contributed by atoms with Crippen molar-refractivity contribution < 1.29 is 9.59 Å². The number of amidine groups is 1. The van der Waals surface area contributed by atoms with Gasteiger partial charge in [-0.3, -0.25) is 4.49 Å². The fourth-order valence-corrected chi connectivity index (χ4v) is 0.176. The highest BCUT2D eigenvalue weighted by Gasteiger charge is 1.93. The average molecular weight is 98.9 g/mol. The van der Waals surface area contributed by atoms with Crippen molar-refractivity contribution in [2.24, 2.45) is 0 Å². The average Bonchev–Trinajstić information content (AvgIpc) is 1.65. The minimum Gasteiger partial charge on any atom is -0.448 e. The topological polar surface area (TPSA) is 35.3 Å². The van der Waals surface area contributed by atoms with Gasteiger partial charge in [0, 0.05) is 0 Å². The van der Waals surface area contributed by atoms with Crippen molar-refractivity contribution in [1.82, 2.24) is 5.32 Å². The van der Waals surface area contributed by atoms with Crippen LogP contribution in [0.4, 0.5) is 0 Å². The Morgan fingerprint density at radius 2 is 2.29 bits per heavy atom. The molecule has 0 saturated carbocycles. The van der Waals surface area contributed by atoms with Gasteiger partial charge in [0.15, 0.2) is 0 Å². The van der Waals surface area contributed by atoms with Crippen molar-refractivity contribution in [2.45, 2.75) is 0 Å². The summed E-state index contributed by atoms with van der Waals surface area (Å²) >= 11 is 0. The van der Waals surface area contributed by atoms with Gasteiger partial charge in [0.1, 0.15) is 0 Å². The quantitative estimate of drug-likeness (QED) is 0.228. The molecule has 0 heterocycles. The zero-order chi connectivity index (χ0) is 5.86. The van der Waals surface area contributed by atoms with Gasteiger partial charge >= 0.3 is 14.0 Å². The van der Waals surface area contributed by atoms with E-state index in [0.29, 0.717) is 0 Å². The molecule has 2 N–H and O–H groups in total. The van der Waals surface area contributed by atoms with Gasteiger partial charge in [-0.15, -0.1) is 0 Å². The Bertz CT molecular complexity index is 86.9. The maximum absolute atomic E-state index is 8.54. The van der Waals surface area contributed by atoms with Gasteiger partial charge in [-0.05, 0) is 0 Å². The second kappa shape index (κ2) is 2.50. The van der Waals surface area contributed by atoms with Crippen molar-refractivity contribution in [3.63, 3.8) is 0 Å². The molecule has 4 heteroatoms. The lowest BCUT2D eigenvalue weighted by Crippen LogP contribution is -2.27. The summed E-state index contributed by atoms with van der Waals surface area (Å²) in [5.74, 6) is 0. The van der Waals surface area contributed by atoms with E-state index in [1.165, 1.54) is 7.05 Å². The first-order valence-electron chi connectivity index (χ1n) is 1.90. The van der Waals surface area contributed by atoms with Crippen molar-refractivity contribution in [1.29, 1.82) is 0 Å². The van der Waals surface area contributed by atoms with Crippen LogP contribution in [0, 0.1) is 0 Å². The van der Waals surface area contributed by atoms with E-state index in [9.17, 15) is 0 Å². The summed E-state index contributed by atoms with van der Waals surface area (Å²) in [4.78, 5) is 0. The molecule has 0 fully saturated rings. The molecule has 0 amide bonds. The largest absolute Gasteiger partial charge is 0.448 e. The first-order valence-corrected chi connectivity index (χ1v) is 1.90. The maximum Gasteiger partial charge on any atom is 0.421 e.